The molecule has 0 aliphatic heterocycles. The van der Waals surface area contributed by atoms with Crippen LogP contribution in [-0.4, -0.2) is 14.5 Å². The molecule has 2 aromatic heterocycles. The highest BCUT2D eigenvalue weighted by molar-refractivity contribution is 5.56. The zero-order valence-corrected chi connectivity index (χ0v) is 11.4. The van der Waals surface area contributed by atoms with Crippen LogP contribution in [0.2, 0.25) is 0 Å². The molecule has 4 heteroatoms. The van der Waals surface area contributed by atoms with Gasteiger partial charge in [0.1, 0.15) is 0 Å². The average molecular weight is 244 g/mol. The van der Waals surface area contributed by atoms with E-state index in [-0.39, 0.29) is 0 Å². The van der Waals surface area contributed by atoms with Crippen molar-refractivity contribution in [3.05, 3.63) is 35.9 Å². The summed E-state index contributed by atoms with van der Waals surface area (Å²) in [6.45, 7) is 9.35. The third-order valence-electron chi connectivity index (χ3n) is 2.75. The number of imidazole rings is 1. The van der Waals surface area contributed by atoms with E-state index in [1.807, 2.05) is 38.4 Å². The quantitative estimate of drug-likeness (QED) is 0.897. The smallest absolute Gasteiger partial charge is 0.207 e. The van der Waals surface area contributed by atoms with Gasteiger partial charge >= 0.3 is 0 Å². The molecule has 2 aromatic rings. The van der Waals surface area contributed by atoms with Crippen LogP contribution >= 0.6 is 0 Å². The first-order valence-corrected chi connectivity index (χ1v) is 6.28. The predicted molar refractivity (Wildman–Crippen MR) is 74.1 cm³/mol. The van der Waals surface area contributed by atoms with E-state index in [9.17, 15) is 0 Å². The highest BCUT2D eigenvalue weighted by Crippen LogP contribution is 2.18. The molecule has 0 aliphatic rings. The Morgan fingerprint density at radius 3 is 2.72 bits per heavy atom. The van der Waals surface area contributed by atoms with Gasteiger partial charge in [-0.2, -0.15) is 0 Å². The van der Waals surface area contributed by atoms with Gasteiger partial charge in [0.25, 0.3) is 0 Å². The van der Waals surface area contributed by atoms with Gasteiger partial charge in [0.15, 0.2) is 0 Å². The molecule has 0 unspecified atom stereocenters. The van der Waals surface area contributed by atoms with Crippen LogP contribution in [0.3, 0.4) is 0 Å². The van der Waals surface area contributed by atoms with Crippen molar-refractivity contribution >= 4 is 11.6 Å². The third kappa shape index (κ3) is 2.88. The third-order valence-corrected chi connectivity index (χ3v) is 2.75. The van der Waals surface area contributed by atoms with Crippen LogP contribution in [0.5, 0.6) is 0 Å². The van der Waals surface area contributed by atoms with Crippen molar-refractivity contribution in [2.75, 3.05) is 5.32 Å². The molecule has 0 atom stereocenters. The van der Waals surface area contributed by atoms with E-state index in [2.05, 4.69) is 33.7 Å². The fourth-order valence-corrected chi connectivity index (χ4v) is 1.91. The molecule has 18 heavy (non-hydrogen) atoms. The largest absolute Gasteiger partial charge is 0.324 e. The standard InChI is InChI=1S/C14H20N4/c1-10(2)9-18-8-7-15-14(18)17-13-6-5-11(3)16-12(13)4/h5-8,10H,9H2,1-4H3,(H,15,17). The Morgan fingerprint density at radius 2 is 2.06 bits per heavy atom. The summed E-state index contributed by atoms with van der Waals surface area (Å²) in [5.74, 6) is 1.47. The van der Waals surface area contributed by atoms with E-state index in [0.29, 0.717) is 5.92 Å². The second-order valence-electron chi connectivity index (χ2n) is 5.01. The van der Waals surface area contributed by atoms with Gasteiger partial charge in [-0.05, 0) is 31.9 Å². The number of aromatic nitrogens is 3. The molecule has 0 radical (unpaired) electrons. The fourth-order valence-electron chi connectivity index (χ4n) is 1.91. The molecule has 0 amide bonds. The Labute approximate surface area is 108 Å². The number of aryl methyl sites for hydroxylation is 2. The Hall–Kier alpha value is -1.84. The highest BCUT2D eigenvalue weighted by atomic mass is 15.2. The van der Waals surface area contributed by atoms with Crippen molar-refractivity contribution in [2.24, 2.45) is 5.92 Å². The molecule has 0 spiro atoms. The summed E-state index contributed by atoms with van der Waals surface area (Å²) in [5, 5.41) is 3.34. The molecule has 0 saturated carbocycles. The number of rotatable bonds is 4. The predicted octanol–water partition coefficient (Wildman–Crippen LogP) is 3.29. The SMILES string of the molecule is Cc1ccc(Nc2nccn2CC(C)C)c(C)n1. The van der Waals surface area contributed by atoms with Crippen molar-refractivity contribution in [1.29, 1.82) is 0 Å². The maximum atomic E-state index is 4.45. The van der Waals surface area contributed by atoms with E-state index in [0.717, 1.165) is 29.6 Å². The van der Waals surface area contributed by atoms with Crippen molar-refractivity contribution in [3.8, 4) is 0 Å². The lowest BCUT2D eigenvalue weighted by atomic mass is 10.2. The first-order valence-electron chi connectivity index (χ1n) is 6.28. The summed E-state index contributed by atoms with van der Waals surface area (Å²) in [4.78, 5) is 8.80. The van der Waals surface area contributed by atoms with E-state index >= 15 is 0 Å². The molecule has 0 fully saturated rings. The second kappa shape index (κ2) is 5.21. The van der Waals surface area contributed by atoms with E-state index < -0.39 is 0 Å². The first-order chi connectivity index (χ1) is 8.56. The number of hydrogen-bond acceptors (Lipinski definition) is 3. The molecule has 0 aliphatic carbocycles. The molecular formula is C14H20N4. The minimum absolute atomic E-state index is 0.594. The monoisotopic (exact) mass is 244 g/mol. The lowest BCUT2D eigenvalue weighted by Gasteiger charge is -2.13. The number of nitrogens with zero attached hydrogens (tertiary/aromatic N) is 3. The summed E-state index contributed by atoms with van der Waals surface area (Å²) < 4.78 is 2.13. The van der Waals surface area contributed by atoms with Crippen LogP contribution in [0, 0.1) is 19.8 Å². The van der Waals surface area contributed by atoms with E-state index in [4.69, 9.17) is 0 Å². The van der Waals surface area contributed by atoms with Gasteiger partial charge in [0, 0.05) is 24.6 Å². The molecule has 96 valence electrons. The summed E-state index contributed by atoms with van der Waals surface area (Å²) in [7, 11) is 0. The molecule has 2 heterocycles. The lowest BCUT2D eigenvalue weighted by Crippen LogP contribution is -2.08. The molecule has 0 aromatic carbocycles. The van der Waals surface area contributed by atoms with Gasteiger partial charge in [-0.15, -0.1) is 0 Å². The van der Waals surface area contributed by atoms with Crippen molar-refractivity contribution < 1.29 is 0 Å². The molecule has 1 N–H and O–H groups in total. The Bertz CT molecular complexity index is 528. The number of pyridine rings is 1. The highest BCUT2D eigenvalue weighted by Gasteiger charge is 2.07. The van der Waals surface area contributed by atoms with Crippen LogP contribution in [0.15, 0.2) is 24.5 Å². The minimum atomic E-state index is 0.594. The van der Waals surface area contributed by atoms with Crippen LogP contribution < -0.4 is 5.32 Å². The van der Waals surface area contributed by atoms with Gasteiger partial charge in [-0.25, -0.2) is 4.98 Å². The van der Waals surface area contributed by atoms with Gasteiger partial charge < -0.3 is 9.88 Å². The summed E-state index contributed by atoms with van der Waals surface area (Å²) in [6, 6.07) is 4.05. The summed E-state index contributed by atoms with van der Waals surface area (Å²) in [6.07, 6.45) is 3.82. The number of anilines is 2. The lowest BCUT2D eigenvalue weighted by molar-refractivity contribution is 0.527. The maximum absolute atomic E-state index is 4.45. The summed E-state index contributed by atoms with van der Waals surface area (Å²) in [5.41, 5.74) is 3.04. The molecule has 4 nitrogen and oxygen atoms in total. The Balaban J connectivity index is 2.21. The zero-order chi connectivity index (χ0) is 13.1. The van der Waals surface area contributed by atoms with E-state index in [1.54, 1.807) is 0 Å². The topological polar surface area (TPSA) is 42.7 Å². The minimum Gasteiger partial charge on any atom is -0.324 e. The molecular weight excluding hydrogens is 224 g/mol. The van der Waals surface area contributed by atoms with Crippen LogP contribution in [0.1, 0.15) is 25.2 Å². The Morgan fingerprint density at radius 1 is 1.28 bits per heavy atom. The normalized spacial score (nSPS) is 10.9. The molecule has 2 rings (SSSR count). The average Bonchev–Trinajstić information content (AvgIpc) is 2.69. The van der Waals surface area contributed by atoms with Crippen molar-refractivity contribution in [1.82, 2.24) is 14.5 Å². The van der Waals surface area contributed by atoms with Crippen molar-refractivity contribution in [3.63, 3.8) is 0 Å². The first kappa shape index (κ1) is 12.6. The second-order valence-corrected chi connectivity index (χ2v) is 5.01. The van der Waals surface area contributed by atoms with Crippen LogP contribution in [0.25, 0.3) is 0 Å². The molecule has 0 bridgehead atoms. The maximum Gasteiger partial charge on any atom is 0.207 e. The van der Waals surface area contributed by atoms with Gasteiger partial charge in [0.2, 0.25) is 5.95 Å². The van der Waals surface area contributed by atoms with Gasteiger partial charge in [0.05, 0.1) is 11.4 Å². The summed E-state index contributed by atoms with van der Waals surface area (Å²) >= 11 is 0. The van der Waals surface area contributed by atoms with Gasteiger partial charge in [-0.1, -0.05) is 13.8 Å². The van der Waals surface area contributed by atoms with Crippen molar-refractivity contribution in [2.45, 2.75) is 34.2 Å². The number of nitrogens with one attached hydrogen (secondary N) is 1. The Kier molecular flexibility index (Phi) is 3.65. The zero-order valence-electron chi connectivity index (χ0n) is 11.4. The molecule has 0 saturated heterocycles. The van der Waals surface area contributed by atoms with Crippen LogP contribution in [0.4, 0.5) is 11.6 Å². The van der Waals surface area contributed by atoms with Crippen LogP contribution in [-0.2, 0) is 6.54 Å². The number of hydrogen-bond donors (Lipinski definition) is 1. The van der Waals surface area contributed by atoms with Gasteiger partial charge in [-0.3, -0.25) is 4.98 Å². The van der Waals surface area contributed by atoms with E-state index in [1.165, 1.54) is 0 Å². The fraction of sp³-hybridized carbons (Fsp3) is 0.429.